The van der Waals surface area contributed by atoms with E-state index in [4.69, 9.17) is 0 Å². The molecule has 2 N–H and O–H groups in total. The first-order chi connectivity index (χ1) is 9.04. The second-order valence-corrected chi connectivity index (χ2v) is 5.00. The molecule has 0 fully saturated rings. The van der Waals surface area contributed by atoms with Gasteiger partial charge in [0, 0.05) is 18.2 Å². The molecule has 102 valence electrons. The summed E-state index contributed by atoms with van der Waals surface area (Å²) < 4.78 is 1.56. The number of benzene rings is 1. The molecule has 2 aromatic rings. The summed E-state index contributed by atoms with van der Waals surface area (Å²) in [5, 5.41) is 6.28. The molecule has 1 heterocycles. The first kappa shape index (κ1) is 13.6. The number of rotatable bonds is 4. The lowest BCUT2D eigenvalue weighted by atomic mass is 9.99. The Bertz CT molecular complexity index is 637. The summed E-state index contributed by atoms with van der Waals surface area (Å²) in [5.41, 5.74) is 5.35. The first-order valence-electron chi connectivity index (χ1n) is 6.54. The molecule has 0 saturated heterocycles. The highest BCUT2D eigenvalue weighted by atomic mass is 16.1. The summed E-state index contributed by atoms with van der Waals surface area (Å²) in [7, 11) is 3.66. The Morgan fingerprint density at radius 1 is 1.32 bits per heavy atom. The fourth-order valence-corrected chi connectivity index (χ4v) is 2.31. The highest BCUT2D eigenvalue weighted by molar-refractivity contribution is 5.67. The van der Waals surface area contributed by atoms with Crippen LogP contribution in [0.25, 0.3) is 11.3 Å². The van der Waals surface area contributed by atoms with Gasteiger partial charge in [0.2, 0.25) is 0 Å². The first-order valence-corrected chi connectivity index (χ1v) is 6.54. The summed E-state index contributed by atoms with van der Waals surface area (Å²) in [6.45, 7) is 4.93. The van der Waals surface area contributed by atoms with Gasteiger partial charge in [0.05, 0.1) is 5.69 Å². The molecular weight excluding hydrogens is 238 g/mol. The largest absolute Gasteiger partial charge is 0.319 e. The van der Waals surface area contributed by atoms with Crippen LogP contribution in [0.2, 0.25) is 0 Å². The van der Waals surface area contributed by atoms with Crippen molar-refractivity contribution in [3.63, 3.8) is 0 Å². The number of hydrogen-bond acceptors (Lipinski definition) is 2. The smallest absolute Gasteiger partial charge is 0.270 e. The molecule has 0 amide bonds. The summed E-state index contributed by atoms with van der Waals surface area (Å²) in [4.78, 5) is 12.2. The average molecular weight is 259 g/mol. The van der Waals surface area contributed by atoms with Crippen LogP contribution >= 0.6 is 0 Å². The molecule has 4 heteroatoms. The van der Waals surface area contributed by atoms with Crippen LogP contribution in [0.15, 0.2) is 23.0 Å². The number of aromatic nitrogens is 2. The Morgan fingerprint density at radius 2 is 2.05 bits per heavy atom. The van der Waals surface area contributed by atoms with E-state index in [-0.39, 0.29) is 5.56 Å². The van der Waals surface area contributed by atoms with E-state index in [1.165, 1.54) is 11.1 Å². The molecule has 4 nitrogen and oxygen atoms in total. The van der Waals surface area contributed by atoms with Crippen molar-refractivity contribution in [1.29, 1.82) is 0 Å². The molecule has 0 spiro atoms. The summed E-state index contributed by atoms with van der Waals surface area (Å²) in [6, 6.07) is 6.31. The maximum absolute atomic E-state index is 12.2. The lowest BCUT2D eigenvalue weighted by molar-refractivity contribution is 0.734. The summed E-state index contributed by atoms with van der Waals surface area (Å²) in [5.74, 6) is 0. The van der Waals surface area contributed by atoms with Crippen molar-refractivity contribution < 1.29 is 0 Å². The van der Waals surface area contributed by atoms with Crippen molar-refractivity contribution in [3.05, 3.63) is 45.2 Å². The number of nitrogens with one attached hydrogen (secondary N) is 2. The maximum atomic E-state index is 12.2. The topological polar surface area (TPSA) is 49.8 Å². The van der Waals surface area contributed by atoms with E-state index in [0.29, 0.717) is 0 Å². The van der Waals surface area contributed by atoms with Crippen molar-refractivity contribution >= 4 is 0 Å². The molecule has 2 rings (SSSR count). The minimum Gasteiger partial charge on any atom is -0.319 e. The number of aromatic amines is 1. The number of aryl methyl sites for hydroxylation is 3. The molecule has 0 saturated carbocycles. The van der Waals surface area contributed by atoms with Gasteiger partial charge >= 0.3 is 0 Å². The lowest BCUT2D eigenvalue weighted by Crippen LogP contribution is -2.19. The van der Waals surface area contributed by atoms with Gasteiger partial charge in [-0.2, -0.15) is 0 Å². The van der Waals surface area contributed by atoms with Crippen molar-refractivity contribution in [2.45, 2.75) is 20.3 Å². The summed E-state index contributed by atoms with van der Waals surface area (Å²) in [6.07, 6.45) is 0.732. The van der Waals surface area contributed by atoms with E-state index in [1.54, 1.807) is 11.7 Å². The Kier molecular flexibility index (Phi) is 3.90. The molecule has 0 radical (unpaired) electrons. The van der Waals surface area contributed by atoms with E-state index in [1.807, 2.05) is 7.05 Å². The Hall–Kier alpha value is -1.81. The van der Waals surface area contributed by atoms with Gasteiger partial charge in [0.15, 0.2) is 0 Å². The van der Waals surface area contributed by atoms with Crippen LogP contribution in [0.3, 0.4) is 0 Å². The Balaban J connectivity index is 2.58. The predicted octanol–water partition coefficient (Wildman–Crippen LogP) is 1.76. The highest BCUT2D eigenvalue weighted by Gasteiger charge is 2.15. The number of H-pyrrole nitrogens is 1. The van der Waals surface area contributed by atoms with Gasteiger partial charge in [-0.15, -0.1) is 0 Å². The van der Waals surface area contributed by atoms with E-state index in [2.05, 4.69) is 42.5 Å². The van der Waals surface area contributed by atoms with Crippen molar-refractivity contribution in [1.82, 2.24) is 15.1 Å². The fraction of sp³-hybridized carbons (Fsp3) is 0.400. The average Bonchev–Trinajstić information content (AvgIpc) is 2.66. The van der Waals surface area contributed by atoms with E-state index in [9.17, 15) is 4.79 Å². The zero-order valence-corrected chi connectivity index (χ0v) is 12.0. The normalized spacial score (nSPS) is 10.9. The minimum atomic E-state index is 0.0613. The fourth-order valence-electron chi connectivity index (χ4n) is 2.31. The van der Waals surface area contributed by atoms with Crippen LogP contribution < -0.4 is 10.9 Å². The number of nitrogens with zero attached hydrogens (tertiary/aromatic N) is 1. The molecule has 0 aliphatic carbocycles. The quantitative estimate of drug-likeness (QED) is 0.879. The van der Waals surface area contributed by atoms with Gasteiger partial charge in [-0.1, -0.05) is 17.7 Å². The van der Waals surface area contributed by atoms with Crippen LogP contribution in [0.5, 0.6) is 0 Å². The Morgan fingerprint density at radius 3 is 2.74 bits per heavy atom. The third-order valence-corrected chi connectivity index (χ3v) is 3.43. The van der Waals surface area contributed by atoms with Crippen LogP contribution in [-0.4, -0.2) is 23.4 Å². The van der Waals surface area contributed by atoms with Crippen LogP contribution in [0.4, 0.5) is 0 Å². The molecule has 0 unspecified atom stereocenters. The molecule has 0 atom stereocenters. The molecule has 1 aromatic carbocycles. The Labute approximate surface area is 113 Å². The maximum Gasteiger partial charge on any atom is 0.270 e. The van der Waals surface area contributed by atoms with Gasteiger partial charge < -0.3 is 5.32 Å². The summed E-state index contributed by atoms with van der Waals surface area (Å²) >= 11 is 0. The monoisotopic (exact) mass is 259 g/mol. The number of likely N-dealkylation sites (N-methyl/N-ethyl adjacent to an activating group) is 1. The molecule has 0 bridgehead atoms. The van der Waals surface area contributed by atoms with Gasteiger partial charge in [-0.05, 0) is 45.5 Å². The van der Waals surface area contributed by atoms with E-state index >= 15 is 0 Å². The van der Waals surface area contributed by atoms with Gasteiger partial charge in [0.25, 0.3) is 5.56 Å². The molecule has 19 heavy (non-hydrogen) atoms. The zero-order valence-electron chi connectivity index (χ0n) is 12.0. The van der Waals surface area contributed by atoms with Crippen molar-refractivity contribution in [2.24, 2.45) is 7.05 Å². The van der Waals surface area contributed by atoms with E-state index in [0.717, 1.165) is 29.8 Å². The molecule has 1 aromatic heterocycles. The van der Waals surface area contributed by atoms with Gasteiger partial charge in [-0.25, -0.2) is 0 Å². The SMILES string of the molecule is CNCCc1c(-c2cc(C)ccc2C)[nH]n(C)c1=O. The van der Waals surface area contributed by atoms with Crippen LogP contribution in [0.1, 0.15) is 16.7 Å². The number of hydrogen-bond donors (Lipinski definition) is 2. The van der Waals surface area contributed by atoms with Gasteiger partial charge in [-0.3, -0.25) is 14.6 Å². The van der Waals surface area contributed by atoms with E-state index < -0.39 is 0 Å². The molecule has 0 aliphatic rings. The van der Waals surface area contributed by atoms with Crippen molar-refractivity contribution in [2.75, 3.05) is 13.6 Å². The third-order valence-electron chi connectivity index (χ3n) is 3.43. The standard InChI is InChI=1S/C15H21N3O/c1-10-5-6-11(2)13(9-10)14-12(7-8-16-3)15(19)18(4)17-14/h5-6,9,16-17H,7-8H2,1-4H3. The lowest BCUT2D eigenvalue weighted by Gasteiger charge is -2.07. The second kappa shape index (κ2) is 5.45. The predicted molar refractivity (Wildman–Crippen MR) is 78.6 cm³/mol. The van der Waals surface area contributed by atoms with Gasteiger partial charge in [0.1, 0.15) is 0 Å². The molecule has 0 aliphatic heterocycles. The third kappa shape index (κ3) is 2.63. The van der Waals surface area contributed by atoms with Crippen LogP contribution in [0, 0.1) is 13.8 Å². The van der Waals surface area contributed by atoms with Crippen LogP contribution in [-0.2, 0) is 13.5 Å². The second-order valence-electron chi connectivity index (χ2n) is 5.00. The van der Waals surface area contributed by atoms with Crippen molar-refractivity contribution in [3.8, 4) is 11.3 Å². The highest BCUT2D eigenvalue weighted by Crippen LogP contribution is 2.24. The zero-order chi connectivity index (χ0) is 14.0. The molecular formula is C15H21N3O. The minimum absolute atomic E-state index is 0.0613.